The van der Waals surface area contributed by atoms with Crippen molar-refractivity contribution < 1.29 is 0 Å². The van der Waals surface area contributed by atoms with Crippen molar-refractivity contribution in [2.24, 2.45) is 11.8 Å². The Kier molecular flexibility index (Phi) is 3.65. The fourth-order valence-electron chi connectivity index (χ4n) is 3.04. The van der Waals surface area contributed by atoms with Gasteiger partial charge in [-0.15, -0.1) is 0 Å². The van der Waals surface area contributed by atoms with Crippen LogP contribution in [0.15, 0.2) is 0 Å². The number of nitrogens with one attached hydrogen (secondary N) is 1. The molecule has 0 bridgehead atoms. The molecule has 3 nitrogen and oxygen atoms in total. The van der Waals surface area contributed by atoms with Gasteiger partial charge in [-0.1, -0.05) is 6.92 Å². The summed E-state index contributed by atoms with van der Waals surface area (Å²) in [4.78, 5) is 5.04. The first kappa shape index (κ1) is 11.4. The van der Waals surface area contributed by atoms with Gasteiger partial charge in [-0.25, -0.2) is 0 Å². The zero-order valence-electron chi connectivity index (χ0n) is 10.4. The van der Waals surface area contributed by atoms with Crippen molar-refractivity contribution in [3.63, 3.8) is 0 Å². The van der Waals surface area contributed by atoms with E-state index in [-0.39, 0.29) is 0 Å². The molecule has 2 fully saturated rings. The van der Waals surface area contributed by atoms with Gasteiger partial charge in [-0.3, -0.25) is 0 Å². The molecule has 0 radical (unpaired) electrons. The first-order chi connectivity index (χ1) is 7.18. The van der Waals surface area contributed by atoms with Gasteiger partial charge in [-0.2, -0.15) is 0 Å². The predicted molar refractivity (Wildman–Crippen MR) is 64.1 cm³/mol. The smallest absolute Gasteiger partial charge is 0.0263 e. The van der Waals surface area contributed by atoms with Crippen molar-refractivity contribution in [1.29, 1.82) is 0 Å². The summed E-state index contributed by atoms with van der Waals surface area (Å²) < 4.78 is 0. The lowest BCUT2D eigenvalue weighted by atomic mass is 9.81. The maximum absolute atomic E-state index is 3.55. The molecule has 2 aliphatic heterocycles. The van der Waals surface area contributed by atoms with Gasteiger partial charge in [-0.05, 0) is 45.4 Å². The topological polar surface area (TPSA) is 18.5 Å². The van der Waals surface area contributed by atoms with Crippen molar-refractivity contribution in [2.45, 2.75) is 19.4 Å². The average Bonchev–Trinajstić information content (AvgIpc) is 2.23. The molecular formula is C12H25N3. The van der Waals surface area contributed by atoms with Crippen LogP contribution in [-0.2, 0) is 0 Å². The highest BCUT2D eigenvalue weighted by molar-refractivity contribution is 4.90. The van der Waals surface area contributed by atoms with Crippen LogP contribution in [-0.4, -0.2) is 62.7 Å². The quantitative estimate of drug-likeness (QED) is 0.680. The molecule has 88 valence electrons. The molecule has 2 heterocycles. The highest BCUT2D eigenvalue weighted by Gasteiger charge is 2.34. The Morgan fingerprint density at radius 2 is 2.00 bits per heavy atom. The number of hydrogen-bond acceptors (Lipinski definition) is 3. The molecule has 2 rings (SSSR count). The zero-order valence-corrected chi connectivity index (χ0v) is 10.4. The molecule has 15 heavy (non-hydrogen) atoms. The summed E-state index contributed by atoms with van der Waals surface area (Å²) >= 11 is 0. The summed E-state index contributed by atoms with van der Waals surface area (Å²) in [6, 6.07) is 0.756. The third-order valence-corrected chi connectivity index (χ3v) is 4.28. The van der Waals surface area contributed by atoms with E-state index in [1.165, 1.54) is 39.1 Å². The standard InChI is InChI=1S/C12H25N3/c1-10-4-5-13-8-11(10)12-9-14(2)6-7-15(12)3/h10-13H,4-9H2,1-3H3. The molecule has 3 atom stereocenters. The van der Waals surface area contributed by atoms with Crippen molar-refractivity contribution in [1.82, 2.24) is 15.1 Å². The molecule has 0 aromatic rings. The van der Waals surface area contributed by atoms with Crippen molar-refractivity contribution in [3.05, 3.63) is 0 Å². The van der Waals surface area contributed by atoms with Gasteiger partial charge in [0.15, 0.2) is 0 Å². The number of piperazine rings is 1. The van der Waals surface area contributed by atoms with Crippen molar-refractivity contribution in [3.8, 4) is 0 Å². The normalized spacial score (nSPS) is 40.6. The molecule has 2 aliphatic rings. The third-order valence-electron chi connectivity index (χ3n) is 4.28. The number of nitrogens with zero attached hydrogens (tertiary/aromatic N) is 2. The number of rotatable bonds is 1. The van der Waals surface area contributed by atoms with E-state index in [9.17, 15) is 0 Å². The SMILES string of the molecule is CC1CCNCC1C1CN(C)CCN1C. The summed E-state index contributed by atoms with van der Waals surface area (Å²) in [5.74, 6) is 1.72. The fraction of sp³-hybridized carbons (Fsp3) is 1.00. The van der Waals surface area contributed by atoms with E-state index in [2.05, 4.69) is 36.1 Å². The molecule has 1 N–H and O–H groups in total. The van der Waals surface area contributed by atoms with Crippen LogP contribution in [0, 0.1) is 11.8 Å². The van der Waals surface area contributed by atoms with E-state index in [0.29, 0.717) is 0 Å². The van der Waals surface area contributed by atoms with E-state index >= 15 is 0 Å². The third kappa shape index (κ3) is 2.52. The van der Waals surface area contributed by atoms with Crippen molar-refractivity contribution in [2.75, 3.05) is 46.8 Å². The summed E-state index contributed by atoms with van der Waals surface area (Å²) in [5, 5.41) is 3.55. The van der Waals surface area contributed by atoms with Gasteiger partial charge in [0.05, 0.1) is 0 Å². The van der Waals surface area contributed by atoms with Crippen LogP contribution in [0.3, 0.4) is 0 Å². The largest absolute Gasteiger partial charge is 0.316 e. The maximum atomic E-state index is 3.55. The lowest BCUT2D eigenvalue weighted by Gasteiger charge is -2.45. The van der Waals surface area contributed by atoms with Crippen LogP contribution >= 0.6 is 0 Å². The Balaban J connectivity index is 1.99. The molecule has 3 unspecified atom stereocenters. The molecule has 2 saturated heterocycles. The highest BCUT2D eigenvalue weighted by Crippen LogP contribution is 2.26. The summed E-state index contributed by atoms with van der Waals surface area (Å²) in [6.07, 6.45) is 1.35. The molecule has 0 saturated carbocycles. The molecule has 0 aliphatic carbocycles. The van der Waals surface area contributed by atoms with E-state index in [1.54, 1.807) is 0 Å². The molecular weight excluding hydrogens is 186 g/mol. The van der Waals surface area contributed by atoms with Crippen LogP contribution in [0.25, 0.3) is 0 Å². The van der Waals surface area contributed by atoms with Gasteiger partial charge in [0.1, 0.15) is 0 Å². The first-order valence-corrected chi connectivity index (χ1v) is 6.28. The summed E-state index contributed by atoms with van der Waals surface area (Å²) in [5.41, 5.74) is 0. The van der Waals surface area contributed by atoms with E-state index in [0.717, 1.165) is 17.9 Å². The predicted octanol–water partition coefficient (Wildman–Crippen LogP) is 0.478. The van der Waals surface area contributed by atoms with Crippen molar-refractivity contribution >= 4 is 0 Å². The molecule has 0 aromatic heterocycles. The molecule has 3 heteroatoms. The number of likely N-dealkylation sites (N-methyl/N-ethyl adjacent to an activating group) is 2. The Bertz CT molecular complexity index is 207. The Morgan fingerprint density at radius 1 is 1.20 bits per heavy atom. The van der Waals surface area contributed by atoms with Gasteiger partial charge in [0, 0.05) is 25.7 Å². The fourth-order valence-corrected chi connectivity index (χ4v) is 3.04. The minimum absolute atomic E-state index is 0.756. The van der Waals surface area contributed by atoms with E-state index in [1.807, 2.05) is 0 Å². The second-order valence-corrected chi connectivity index (χ2v) is 5.44. The maximum Gasteiger partial charge on any atom is 0.0263 e. The van der Waals surface area contributed by atoms with E-state index in [4.69, 9.17) is 0 Å². The summed E-state index contributed by atoms with van der Waals surface area (Å²) in [7, 11) is 4.54. The Hall–Kier alpha value is -0.120. The second kappa shape index (κ2) is 4.81. The summed E-state index contributed by atoms with van der Waals surface area (Å²) in [6.45, 7) is 8.54. The van der Waals surface area contributed by atoms with Crippen LogP contribution in [0.2, 0.25) is 0 Å². The Labute approximate surface area is 93.8 Å². The van der Waals surface area contributed by atoms with Gasteiger partial charge < -0.3 is 15.1 Å². The molecule has 0 aromatic carbocycles. The Morgan fingerprint density at radius 3 is 2.73 bits per heavy atom. The van der Waals surface area contributed by atoms with Crippen LogP contribution in [0.5, 0.6) is 0 Å². The lowest BCUT2D eigenvalue weighted by molar-refractivity contribution is 0.0461. The second-order valence-electron chi connectivity index (χ2n) is 5.44. The molecule has 0 spiro atoms. The van der Waals surface area contributed by atoms with Crippen LogP contribution in [0.4, 0.5) is 0 Å². The number of piperidine rings is 1. The van der Waals surface area contributed by atoms with Crippen LogP contribution < -0.4 is 5.32 Å². The monoisotopic (exact) mass is 211 g/mol. The van der Waals surface area contributed by atoms with Crippen LogP contribution in [0.1, 0.15) is 13.3 Å². The van der Waals surface area contributed by atoms with Gasteiger partial charge in [0.25, 0.3) is 0 Å². The minimum atomic E-state index is 0.756. The average molecular weight is 211 g/mol. The van der Waals surface area contributed by atoms with Gasteiger partial charge >= 0.3 is 0 Å². The minimum Gasteiger partial charge on any atom is -0.316 e. The first-order valence-electron chi connectivity index (χ1n) is 6.28. The van der Waals surface area contributed by atoms with E-state index < -0.39 is 0 Å². The zero-order chi connectivity index (χ0) is 10.8. The lowest BCUT2D eigenvalue weighted by Crippen LogP contribution is -2.57. The van der Waals surface area contributed by atoms with Gasteiger partial charge in [0.2, 0.25) is 0 Å². The highest BCUT2D eigenvalue weighted by atomic mass is 15.3. The molecule has 0 amide bonds. The number of hydrogen-bond donors (Lipinski definition) is 1.